The van der Waals surface area contributed by atoms with E-state index in [1.54, 1.807) is 0 Å². The number of rotatable bonds is 8. The minimum absolute atomic E-state index is 0.0902. The van der Waals surface area contributed by atoms with Gasteiger partial charge < -0.3 is 10.6 Å². The first-order valence-electron chi connectivity index (χ1n) is 8.92. The van der Waals surface area contributed by atoms with E-state index in [1.807, 2.05) is 19.9 Å². The average molecular weight is 478 g/mol. The Balaban J connectivity index is 2.39. The zero-order valence-electron chi connectivity index (χ0n) is 15.7. The molecule has 1 fully saturated rings. The summed E-state index contributed by atoms with van der Waals surface area (Å²) >= 11 is 4.63. The van der Waals surface area contributed by atoms with E-state index in [2.05, 4.69) is 15.9 Å². The molecule has 1 amide bonds. The van der Waals surface area contributed by atoms with Crippen molar-refractivity contribution in [1.82, 2.24) is 4.90 Å². The number of thioether (sulfide) groups is 1. The van der Waals surface area contributed by atoms with Gasteiger partial charge in [-0.3, -0.25) is 4.79 Å². The highest BCUT2D eigenvalue weighted by Gasteiger charge is 2.60. The van der Waals surface area contributed by atoms with Crippen LogP contribution in [0.5, 0.6) is 0 Å². The van der Waals surface area contributed by atoms with Gasteiger partial charge in [0.05, 0.1) is 12.1 Å². The number of alkyl halides is 3. The van der Waals surface area contributed by atoms with Gasteiger partial charge in [0, 0.05) is 10.2 Å². The summed E-state index contributed by atoms with van der Waals surface area (Å²) in [5, 5.41) is 9.55. The van der Waals surface area contributed by atoms with E-state index in [0.29, 0.717) is 15.3 Å². The maximum atomic E-state index is 14.1. The van der Waals surface area contributed by atoms with Crippen LogP contribution in [0.3, 0.4) is 0 Å². The van der Waals surface area contributed by atoms with Crippen LogP contribution in [0.1, 0.15) is 38.3 Å². The fourth-order valence-electron chi connectivity index (χ4n) is 2.92. The van der Waals surface area contributed by atoms with Crippen molar-refractivity contribution >= 4 is 33.6 Å². The van der Waals surface area contributed by atoms with Gasteiger partial charge in [0.1, 0.15) is 5.54 Å². The topological polar surface area (TPSA) is 70.1 Å². The van der Waals surface area contributed by atoms with Crippen molar-refractivity contribution in [1.29, 1.82) is 5.26 Å². The molecule has 2 N–H and O–H groups in total. The van der Waals surface area contributed by atoms with E-state index >= 15 is 0 Å². The van der Waals surface area contributed by atoms with E-state index in [-0.39, 0.29) is 24.2 Å². The summed E-state index contributed by atoms with van der Waals surface area (Å²) in [5.41, 5.74) is 4.43. The van der Waals surface area contributed by atoms with Crippen LogP contribution < -0.4 is 5.73 Å². The summed E-state index contributed by atoms with van der Waals surface area (Å²) in [6.45, 7) is 4.02. The van der Waals surface area contributed by atoms with Gasteiger partial charge >= 0.3 is 6.18 Å². The van der Waals surface area contributed by atoms with Crippen molar-refractivity contribution in [3.63, 3.8) is 0 Å². The summed E-state index contributed by atoms with van der Waals surface area (Å²) in [4.78, 5) is 13.7. The van der Waals surface area contributed by atoms with Crippen molar-refractivity contribution < 1.29 is 18.0 Å². The van der Waals surface area contributed by atoms with Crippen LogP contribution in [0.15, 0.2) is 28.7 Å². The second kappa shape index (κ2) is 9.06. The van der Waals surface area contributed by atoms with Crippen LogP contribution >= 0.6 is 27.7 Å². The van der Waals surface area contributed by atoms with Gasteiger partial charge in [-0.05, 0) is 42.2 Å². The lowest BCUT2D eigenvalue weighted by molar-refractivity contribution is -0.197. The third-order valence-corrected chi connectivity index (χ3v) is 6.48. The first-order chi connectivity index (χ1) is 13.0. The number of nitriles is 1. The molecule has 0 aliphatic heterocycles. The number of carbonyl (C=O) groups is 1. The third-order valence-electron chi connectivity index (χ3n) is 4.45. The lowest BCUT2D eigenvalue weighted by Crippen LogP contribution is -2.55. The molecule has 0 radical (unpaired) electrons. The normalized spacial score (nSPS) is 17.7. The molecule has 1 aliphatic rings. The number of benzene rings is 1. The Labute approximate surface area is 175 Å². The van der Waals surface area contributed by atoms with Crippen LogP contribution in [-0.4, -0.2) is 40.1 Å². The number of halogens is 4. The van der Waals surface area contributed by atoms with Crippen LogP contribution in [0.4, 0.5) is 13.2 Å². The van der Waals surface area contributed by atoms with Gasteiger partial charge in [-0.25, -0.2) is 0 Å². The predicted molar refractivity (Wildman–Crippen MR) is 108 cm³/mol. The summed E-state index contributed by atoms with van der Waals surface area (Å²) in [6.07, 6.45) is -4.31. The van der Waals surface area contributed by atoms with E-state index in [0.717, 1.165) is 5.75 Å². The fourth-order valence-corrected chi connectivity index (χ4v) is 4.19. The number of amides is 1. The molecule has 0 aromatic heterocycles. The van der Waals surface area contributed by atoms with Crippen LogP contribution in [0.25, 0.3) is 0 Å². The van der Waals surface area contributed by atoms with Crippen molar-refractivity contribution in [2.24, 2.45) is 11.7 Å². The SMILES string of the molecule is CC(C)CSC[C@H](N)C(=O)N([C@@H](c1ccc(Br)cc1)C(F)(F)F)C1(C#N)CC1. The Kier molecular flexibility index (Phi) is 7.45. The molecule has 0 saturated heterocycles. The highest BCUT2D eigenvalue weighted by molar-refractivity contribution is 9.10. The smallest absolute Gasteiger partial charge is 0.319 e. The molecule has 154 valence electrons. The monoisotopic (exact) mass is 477 g/mol. The molecule has 0 unspecified atom stereocenters. The molecule has 28 heavy (non-hydrogen) atoms. The molecule has 0 heterocycles. The van der Waals surface area contributed by atoms with Crippen molar-refractivity contribution in [2.45, 2.75) is 50.5 Å². The molecule has 2 atom stereocenters. The number of carbonyl (C=O) groups excluding carboxylic acids is 1. The number of nitrogens with two attached hydrogens (primary N) is 1. The van der Waals surface area contributed by atoms with Crippen LogP contribution in [-0.2, 0) is 4.79 Å². The highest BCUT2D eigenvalue weighted by Crippen LogP contribution is 2.50. The van der Waals surface area contributed by atoms with Crippen LogP contribution in [0.2, 0.25) is 0 Å². The summed E-state index contributed by atoms with van der Waals surface area (Å²) in [5.74, 6) is 0.503. The zero-order chi connectivity index (χ0) is 21.1. The quantitative estimate of drug-likeness (QED) is 0.591. The Hall–Kier alpha value is -1.24. The molecule has 0 bridgehead atoms. The second-order valence-electron chi connectivity index (χ2n) is 7.39. The van der Waals surface area contributed by atoms with Crippen molar-refractivity contribution in [2.75, 3.05) is 11.5 Å². The number of hydrogen-bond acceptors (Lipinski definition) is 4. The standard InChI is InChI=1S/C19H23BrF3N3OS/c1-12(2)9-28-10-15(25)17(27)26(18(11-24)7-8-18)16(19(21,22)23)13-3-5-14(20)6-4-13/h3-6,12,15-16H,7-10,25H2,1-2H3/t15-,16-/m0/s1. The molecular formula is C19H23BrF3N3OS. The molecule has 9 heteroatoms. The minimum atomic E-state index is -4.74. The van der Waals surface area contributed by atoms with Crippen molar-refractivity contribution in [3.05, 3.63) is 34.3 Å². The molecule has 0 spiro atoms. The third kappa shape index (κ3) is 5.43. The molecule has 1 aromatic rings. The molecule has 4 nitrogen and oxygen atoms in total. The Bertz CT molecular complexity index is 729. The minimum Gasteiger partial charge on any atom is -0.319 e. The summed E-state index contributed by atoms with van der Waals surface area (Å²) in [6, 6.07) is 4.22. The average Bonchev–Trinajstić information content (AvgIpc) is 3.39. The lowest BCUT2D eigenvalue weighted by Gasteiger charge is -2.38. The molecular weight excluding hydrogens is 455 g/mol. The van der Waals surface area contributed by atoms with Gasteiger partial charge in [-0.2, -0.15) is 30.2 Å². The largest absolute Gasteiger partial charge is 0.413 e. The van der Waals surface area contributed by atoms with Crippen LogP contribution in [0, 0.1) is 17.2 Å². The first-order valence-corrected chi connectivity index (χ1v) is 10.9. The summed E-state index contributed by atoms with van der Waals surface area (Å²) in [7, 11) is 0. The van der Waals surface area contributed by atoms with E-state index in [4.69, 9.17) is 5.73 Å². The Morgan fingerprint density at radius 1 is 1.32 bits per heavy atom. The number of nitrogens with zero attached hydrogens (tertiary/aromatic N) is 2. The second-order valence-corrected chi connectivity index (χ2v) is 9.38. The molecule has 2 rings (SSSR count). The van der Waals surface area contributed by atoms with Gasteiger partial charge in [0.15, 0.2) is 6.04 Å². The van der Waals surface area contributed by atoms with E-state index in [9.17, 15) is 23.2 Å². The van der Waals surface area contributed by atoms with Crippen molar-refractivity contribution in [3.8, 4) is 6.07 Å². The van der Waals surface area contributed by atoms with Gasteiger partial charge in [-0.15, -0.1) is 0 Å². The fraction of sp³-hybridized carbons (Fsp3) is 0.579. The maximum absolute atomic E-state index is 14.1. The predicted octanol–water partition coefficient (Wildman–Crippen LogP) is 4.65. The van der Waals surface area contributed by atoms with Gasteiger partial charge in [-0.1, -0.05) is 41.9 Å². The Morgan fingerprint density at radius 3 is 2.32 bits per heavy atom. The Morgan fingerprint density at radius 2 is 1.89 bits per heavy atom. The van der Waals surface area contributed by atoms with Gasteiger partial charge in [0.2, 0.25) is 5.91 Å². The van der Waals surface area contributed by atoms with Gasteiger partial charge in [0.25, 0.3) is 0 Å². The maximum Gasteiger partial charge on any atom is 0.413 e. The molecule has 1 aliphatic carbocycles. The van der Waals surface area contributed by atoms with E-state index < -0.39 is 29.7 Å². The van der Waals surface area contributed by atoms with E-state index in [1.165, 1.54) is 36.0 Å². The number of hydrogen-bond donors (Lipinski definition) is 1. The lowest BCUT2D eigenvalue weighted by atomic mass is 10.0. The molecule has 1 saturated carbocycles. The first kappa shape index (κ1) is 23.0. The molecule has 1 aromatic carbocycles. The zero-order valence-corrected chi connectivity index (χ0v) is 18.1. The summed E-state index contributed by atoms with van der Waals surface area (Å²) < 4.78 is 42.8. The highest BCUT2D eigenvalue weighted by atomic mass is 79.9.